The standard InChI is InChI=1S/C17H20ClNO3/c1-3-21-16-9-12(15(18)10-17(16)22-4-2)11-19-13-5-7-14(20)8-6-13/h5-10,19-20H,3-4,11H2,1-2H3. The van der Waals surface area contributed by atoms with Crippen molar-refractivity contribution in [2.45, 2.75) is 20.4 Å². The maximum absolute atomic E-state index is 9.28. The molecule has 0 saturated carbocycles. The fourth-order valence-electron chi connectivity index (χ4n) is 2.03. The Hall–Kier alpha value is -2.07. The Labute approximate surface area is 135 Å². The summed E-state index contributed by atoms with van der Waals surface area (Å²) in [6.45, 7) is 5.52. The highest BCUT2D eigenvalue weighted by Gasteiger charge is 2.11. The third-order valence-corrected chi connectivity index (χ3v) is 3.41. The molecule has 5 heteroatoms. The quantitative estimate of drug-likeness (QED) is 0.739. The lowest BCUT2D eigenvalue weighted by atomic mass is 10.2. The molecule has 0 radical (unpaired) electrons. The third-order valence-electron chi connectivity index (χ3n) is 3.06. The molecular formula is C17H20ClNO3. The Bertz CT molecular complexity index is 614. The first-order valence-electron chi connectivity index (χ1n) is 7.25. The maximum atomic E-state index is 9.28. The molecule has 0 bridgehead atoms. The second-order valence-electron chi connectivity index (χ2n) is 4.66. The molecule has 0 heterocycles. The first-order chi connectivity index (χ1) is 10.6. The van der Waals surface area contributed by atoms with Crippen molar-refractivity contribution >= 4 is 17.3 Å². The zero-order valence-corrected chi connectivity index (χ0v) is 13.5. The molecule has 22 heavy (non-hydrogen) atoms. The summed E-state index contributed by atoms with van der Waals surface area (Å²) in [6.07, 6.45) is 0. The zero-order valence-electron chi connectivity index (χ0n) is 12.7. The smallest absolute Gasteiger partial charge is 0.162 e. The van der Waals surface area contributed by atoms with Crippen LogP contribution in [0.25, 0.3) is 0 Å². The first-order valence-corrected chi connectivity index (χ1v) is 7.62. The average molecular weight is 322 g/mol. The summed E-state index contributed by atoms with van der Waals surface area (Å²) >= 11 is 6.31. The molecular weight excluding hydrogens is 302 g/mol. The number of aromatic hydroxyl groups is 1. The summed E-state index contributed by atoms with van der Waals surface area (Å²) in [5.74, 6) is 1.59. The molecule has 0 aliphatic rings. The SMILES string of the molecule is CCOc1cc(Cl)c(CNc2ccc(O)cc2)cc1OCC. The van der Waals surface area contributed by atoms with Crippen LogP contribution < -0.4 is 14.8 Å². The van der Waals surface area contributed by atoms with Crippen LogP contribution in [-0.2, 0) is 6.54 Å². The van der Waals surface area contributed by atoms with E-state index in [2.05, 4.69) is 5.32 Å². The predicted molar refractivity (Wildman–Crippen MR) is 89.2 cm³/mol. The lowest BCUT2D eigenvalue weighted by molar-refractivity contribution is 0.287. The van der Waals surface area contributed by atoms with E-state index in [4.69, 9.17) is 21.1 Å². The monoisotopic (exact) mass is 321 g/mol. The molecule has 0 aliphatic carbocycles. The van der Waals surface area contributed by atoms with Gasteiger partial charge in [0, 0.05) is 23.3 Å². The van der Waals surface area contributed by atoms with Crippen molar-refractivity contribution in [2.24, 2.45) is 0 Å². The third kappa shape index (κ3) is 4.21. The van der Waals surface area contributed by atoms with Gasteiger partial charge in [-0.2, -0.15) is 0 Å². The van der Waals surface area contributed by atoms with Crippen LogP contribution in [0.4, 0.5) is 5.69 Å². The van der Waals surface area contributed by atoms with Gasteiger partial charge in [-0.1, -0.05) is 11.6 Å². The van der Waals surface area contributed by atoms with Crippen LogP contribution in [0.1, 0.15) is 19.4 Å². The van der Waals surface area contributed by atoms with Gasteiger partial charge in [0.25, 0.3) is 0 Å². The minimum atomic E-state index is 0.239. The summed E-state index contributed by atoms with van der Waals surface area (Å²) in [6, 6.07) is 10.6. The number of benzene rings is 2. The fourth-order valence-corrected chi connectivity index (χ4v) is 2.25. The molecule has 0 amide bonds. The zero-order chi connectivity index (χ0) is 15.9. The highest BCUT2D eigenvalue weighted by Crippen LogP contribution is 2.34. The summed E-state index contributed by atoms with van der Waals surface area (Å²) in [5.41, 5.74) is 1.82. The first kappa shape index (κ1) is 16.3. The molecule has 0 aromatic heterocycles. The fraction of sp³-hybridized carbons (Fsp3) is 0.294. The summed E-state index contributed by atoms with van der Waals surface area (Å²) in [5, 5.41) is 13.2. The van der Waals surface area contributed by atoms with Gasteiger partial charge in [-0.15, -0.1) is 0 Å². The van der Waals surface area contributed by atoms with Gasteiger partial charge in [0.05, 0.1) is 13.2 Å². The average Bonchev–Trinajstić information content (AvgIpc) is 2.50. The van der Waals surface area contributed by atoms with Gasteiger partial charge in [0.1, 0.15) is 5.75 Å². The molecule has 2 rings (SSSR count). The number of phenols is 1. The Morgan fingerprint density at radius 1 is 1.00 bits per heavy atom. The second kappa shape index (κ2) is 7.80. The van der Waals surface area contributed by atoms with Crippen molar-refractivity contribution in [1.29, 1.82) is 0 Å². The molecule has 0 fully saturated rings. The number of ether oxygens (including phenoxy) is 2. The van der Waals surface area contributed by atoms with Gasteiger partial charge in [-0.3, -0.25) is 0 Å². The number of hydrogen-bond donors (Lipinski definition) is 2. The van der Waals surface area contributed by atoms with Gasteiger partial charge < -0.3 is 19.9 Å². The van der Waals surface area contributed by atoms with E-state index in [9.17, 15) is 5.11 Å². The second-order valence-corrected chi connectivity index (χ2v) is 5.06. The molecule has 0 unspecified atom stereocenters. The van der Waals surface area contributed by atoms with E-state index in [1.54, 1.807) is 30.3 Å². The maximum Gasteiger partial charge on any atom is 0.162 e. The molecule has 118 valence electrons. The van der Waals surface area contributed by atoms with E-state index in [0.29, 0.717) is 36.3 Å². The van der Waals surface area contributed by atoms with E-state index < -0.39 is 0 Å². The van der Waals surface area contributed by atoms with Gasteiger partial charge in [-0.25, -0.2) is 0 Å². The number of halogens is 1. The molecule has 4 nitrogen and oxygen atoms in total. The Balaban J connectivity index is 2.15. The molecule has 2 aromatic rings. The molecule has 2 aromatic carbocycles. The topological polar surface area (TPSA) is 50.7 Å². The van der Waals surface area contributed by atoms with Crippen LogP contribution in [0.3, 0.4) is 0 Å². The van der Waals surface area contributed by atoms with Gasteiger partial charge in [0.2, 0.25) is 0 Å². The molecule has 2 N–H and O–H groups in total. The number of phenolic OH excluding ortho intramolecular Hbond substituents is 1. The van der Waals surface area contributed by atoms with Gasteiger partial charge in [0.15, 0.2) is 11.5 Å². The lowest BCUT2D eigenvalue weighted by Crippen LogP contribution is -2.03. The lowest BCUT2D eigenvalue weighted by Gasteiger charge is -2.15. The van der Waals surface area contributed by atoms with Crippen LogP contribution in [0.5, 0.6) is 17.2 Å². The Morgan fingerprint density at radius 2 is 1.59 bits per heavy atom. The normalized spacial score (nSPS) is 10.3. The van der Waals surface area contributed by atoms with Crippen LogP contribution in [0, 0.1) is 0 Å². The highest BCUT2D eigenvalue weighted by atomic mass is 35.5. The number of anilines is 1. The molecule has 0 spiro atoms. The minimum absolute atomic E-state index is 0.239. The van der Waals surface area contributed by atoms with E-state index >= 15 is 0 Å². The number of nitrogens with one attached hydrogen (secondary N) is 1. The van der Waals surface area contributed by atoms with E-state index in [0.717, 1.165) is 11.3 Å². The van der Waals surface area contributed by atoms with Gasteiger partial charge >= 0.3 is 0 Å². The van der Waals surface area contributed by atoms with Crippen LogP contribution >= 0.6 is 11.6 Å². The predicted octanol–water partition coefficient (Wildman–Crippen LogP) is 4.46. The number of rotatable bonds is 7. The van der Waals surface area contributed by atoms with E-state index in [-0.39, 0.29) is 5.75 Å². The van der Waals surface area contributed by atoms with Crippen LogP contribution in [-0.4, -0.2) is 18.3 Å². The summed E-state index contributed by atoms with van der Waals surface area (Å²) in [7, 11) is 0. The van der Waals surface area contributed by atoms with Crippen molar-refractivity contribution in [1.82, 2.24) is 0 Å². The van der Waals surface area contributed by atoms with Crippen molar-refractivity contribution in [3.63, 3.8) is 0 Å². The minimum Gasteiger partial charge on any atom is -0.508 e. The van der Waals surface area contributed by atoms with Crippen LogP contribution in [0.15, 0.2) is 36.4 Å². The molecule has 0 aliphatic heterocycles. The van der Waals surface area contributed by atoms with Crippen molar-refractivity contribution in [3.8, 4) is 17.2 Å². The summed E-state index contributed by atoms with van der Waals surface area (Å²) in [4.78, 5) is 0. The van der Waals surface area contributed by atoms with Crippen molar-refractivity contribution < 1.29 is 14.6 Å². The van der Waals surface area contributed by atoms with E-state index in [1.165, 1.54) is 0 Å². The molecule has 0 saturated heterocycles. The van der Waals surface area contributed by atoms with Crippen molar-refractivity contribution in [3.05, 3.63) is 47.0 Å². The van der Waals surface area contributed by atoms with Crippen LogP contribution in [0.2, 0.25) is 5.02 Å². The number of hydrogen-bond acceptors (Lipinski definition) is 4. The summed E-state index contributed by atoms with van der Waals surface area (Å²) < 4.78 is 11.2. The Kier molecular flexibility index (Phi) is 5.78. The van der Waals surface area contributed by atoms with Crippen molar-refractivity contribution in [2.75, 3.05) is 18.5 Å². The molecule has 0 atom stereocenters. The largest absolute Gasteiger partial charge is 0.508 e. The van der Waals surface area contributed by atoms with Gasteiger partial charge in [-0.05, 0) is 49.7 Å². The Morgan fingerprint density at radius 3 is 2.18 bits per heavy atom. The highest BCUT2D eigenvalue weighted by molar-refractivity contribution is 6.31. The van der Waals surface area contributed by atoms with E-state index in [1.807, 2.05) is 19.9 Å².